The van der Waals surface area contributed by atoms with Gasteiger partial charge < -0.3 is 9.59 Å². The molecule has 11 heavy (non-hydrogen) atoms. The third kappa shape index (κ3) is 17.6. The fourth-order valence-electron chi connectivity index (χ4n) is 0.542. The topological polar surface area (TPSA) is 34.1 Å². The van der Waals surface area contributed by atoms with E-state index in [-0.39, 0.29) is 16.8 Å². The average molecular weight is 199 g/mol. The predicted molar refractivity (Wildman–Crippen MR) is 41.8 cm³/mol. The molecule has 0 saturated carbocycles. The fourth-order valence-corrected chi connectivity index (χ4v) is 0.542. The van der Waals surface area contributed by atoms with Gasteiger partial charge in [0.15, 0.2) is 0 Å². The van der Waals surface area contributed by atoms with Gasteiger partial charge in [-0.25, -0.2) is 0 Å². The summed E-state index contributed by atoms with van der Waals surface area (Å²) in [5.41, 5.74) is 0. The largest absolute Gasteiger partial charge is 0.307 e. The SMILES string of the molecule is C1=CCCC=C1.C=O.C=O.[Co]. The van der Waals surface area contributed by atoms with Gasteiger partial charge in [0, 0.05) is 16.8 Å². The van der Waals surface area contributed by atoms with Crippen molar-refractivity contribution in [1.29, 1.82) is 0 Å². The van der Waals surface area contributed by atoms with Crippen molar-refractivity contribution in [1.82, 2.24) is 0 Å². The first-order valence-corrected chi connectivity index (χ1v) is 2.89. The van der Waals surface area contributed by atoms with E-state index in [1.807, 2.05) is 13.6 Å². The van der Waals surface area contributed by atoms with Crippen molar-refractivity contribution in [3.05, 3.63) is 24.3 Å². The normalized spacial score (nSPS) is 10.9. The summed E-state index contributed by atoms with van der Waals surface area (Å²) in [7, 11) is 0. The van der Waals surface area contributed by atoms with E-state index < -0.39 is 0 Å². The first-order valence-electron chi connectivity index (χ1n) is 2.89. The Bertz CT molecular complexity index is 96.7. The van der Waals surface area contributed by atoms with Crippen LogP contribution < -0.4 is 0 Å². The van der Waals surface area contributed by atoms with Crippen LogP contribution in [0.4, 0.5) is 0 Å². The molecule has 3 heteroatoms. The Balaban J connectivity index is -0.000000114. The third-order valence-corrected chi connectivity index (χ3v) is 0.883. The van der Waals surface area contributed by atoms with Gasteiger partial charge >= 0.3 is 0 Å². The van der Waals surface area contributed by atoms with Crippen LogP contribution in [0.15, 0.2) is 24.3 Å². The van der Waals surface area contributed by atoms with Gasteiger partial charge in [0.25, 0.3) is 0 Å². The Morgan fingerprint density at radius 2 is 1.09 bits per heavy atom. The minimum Gasteiger partial charge on any atom is -0.307 e. The Kier molecular flexibility index (Phi) is 34.7. The van der Waals surface area contributed by atoms with E-state index in [2.05, 4.69) is 24.3 Å². The van der Waals surface area contributed by atoms with Gasteiger partial charge in [-0.3, -0.25) is 0 Å². The number of carbonyl (C=O) groups excluding carboxylic acids is 2. The second-order valence-corrected chi connectivity index (χ2v) is 1.43. The molecule has 1 rings (SSSR count). The second kappa shape index (κ2) is 22.8. The van der Waals surface area contributed by atoms with Gasteiger partial charge in [0.05, 0.1) is 0 Å². The molecule has 0 unspecified atom stereocenters. The summed E-state index contributed by atoms with van der Waals surface area (Å²) >= 11 is 0. The first-order chi connectivity index (χ1) is 5.00. The van der Waals surface area contributed by atoms with E-state index in [1.54, 1.807) is 0 Å². The molecule has 1 aliphatic carbocycles. The standard InChI is InChI=1S/C6H8.2CH2O.Co/c1-2-4-6-5-3-1;2*1-2;/h1-4H,5-6H2;2*1H2;. The minimum absolute atomic E-state index is 0. The Hall–Kier alpha value is -0.674. The van der Waals surface area contributed by atoms with Gasteiger partial charge in [0.1, 0.15) is 13.6 Å². The monoisotopic (exact) mass is 199 g/mol. The summed E-state index contributed by atoms with van der Waals surface area (Å²) in [5.74, 6) is 0. The molecule has 0 N–H and O–H groups in total. The maximum atomic E-state index is 8.00. The molecule has 0 bridgehead atoms. The minimum atomic E-state index is 0. The van der Waals surface area contributed by atoms with Crippen LogP contribution >= 0.6 is 0 Å². The van der Waals surface area contributed by atoms with Gasteiger partial charge in [0.2, 0.25) is 0 Å². The van der Waals surface area contributed by atoms with E-state index in [9.17, 15) is 0 Å². The molecule has 0 heterocycles. The van der Waals surface area contributed by atoms with Crippen molar-refractivity contribution >= 4 is 13.6 Å². The Morgan fingerprint density at radius 3 is 1.18 bits per heavy atom. The Labute approximate surface area is 77.6 Å². The van der Waals surface area contributed by atoms with Crippen molar-refractivity contribution in [3.63, 3.8) is 0 Å². The first kappa shape index (κ1) is 16.7. The molecule has 2 nitrogen and oxygen atoms in total. The molecule has 65 valence electrons. The molecule has 0 saturated heterocycles. The summed E-state index contributed by atoms with van der Waals surface area (Å²) in [6.07, 6.45) is 11.0. The number of allylic oxidation sites excluding steroid dienone is 4. The summed E-state index contributed by atoms with van der Waals surface area (Å²) in [5, 5.41) is 0. The smallest absolute Gasteiger partial charge is 0.106 e. The van der Waals surface area contributed by atoms with Crippen molar-refractivity contribution in [2.45, 2.75) is 12.8 Å². The fraction of sp³-hybridized carbons (Fsp3) is 0.250. The van der Waals surface area contributed by atoms with Crippen LogP contribution in [-0.2, 0) is 26.4 Å². The van der Waals surface area contributed by atoms with Gasteiger partial charge in [-0.15, -0.1) is 0 Å². The number of hydrogen-bond acceptors (Lipinski definition) is 2. The molecule has 0 amide bonds. The molecule has 0 aromatic rings. The molecule has 0 aromatic carbocycles. The third-order valence-electron chi connectivity index (χ3n) is 0.883. The van der Waals surface area contributed by atoms with Crippen LogP contribution in [0.3, 0.4) is 0 Å². The van der Waals surface area contributed by atoms with E-state index in [0.717, 1.165) is 0 Å². The zero-order valence-electron chi connectivity index (χ0n) is 6.29. The summed E-state index contributed by atoms with van der Waals surface area (Å²) < 4.78 is 0. The summed E-state index contributed by atoms with van der Waals surface area (Å²) in [4.78, 5) is 16.0. The number of carbonyl (C=O) groups is 2. The van der Waals surface area contributed by atoms with E-state index in [1.165, 1.54) is 12.8 Å². The van der Waals surface area contributed by atoms with Crippen LogP contribution in [0, 0.1) is 0 Å². The summed E-state index contributed by atoms with van der Waals surface area (Å²) in [6.45, 7) is 4.00. The zero-order chi connectivity index (χ0) is 8.24. The molecule has 0 aromatic heterocycles. The van der Waals surface area contributed by atoms with Gasteiger partial charge in [-0.05, 0) is 12.8 Å². The van der Waals surface area contributed by atoms with E-state index in [0.29, 0.717) is 0 Å². The number of rotatable bonds is 0. The molecule has 0 fully saturated rings. The van der Waals surface area contributed by atoms with Crippen LogP contribution in [0.2, 0.25) is 0 Å². The zero-order valence-corrected chi connectivity index (χ0v) is 7.33. The molecule has 0 aliphatic heterocycles. The van der Waals surface area contributed by atoms with Crippen molar-refractivity contribution in [3.8, 4) is 0 Å². The maximum absolute atomic E-state index is 8.00. The molecule has 1 radical (unpaired) electrons. The molecule has 0 spiro atoms. The maximum Gasteiger partial charge on any atom is 0.106 e. The van der Waals surface area contributed by atoms with Crippen molar-refractivity contribution in [2.24, 2.45) is 0 Å². The van der Waals surface area contributed by atoms with Crippen LogP contribution in [0.1, 0.15) is 12.8 Å². The van der Waals surface area contributed by atoms with Crippen LogP contribution in [-0.4, -0.2) is 13.6 Å². The quantitative estimate of drug-likeness (QED) is 0.592. The van der Waals surface area contributed by atoms with Crippen LogP contribution in [0.5, 0.6) is 0 Å². The summed E-state index contributed by atoms with van der Waals surface area (Å²) in [6, 6.07) is 0. The van der Waals surface area contributed by atoms with Crippen molar-refractivity contribution < 1.29 is 26.4 Å². The van der Waals surface area contributed by atoms with E-state index >= 15 is 0 Å². The molecular formula is C8H12CoO2. The predicted octanol–water partition coefficient (Wildman–Crippen LogP) is 1.52. The molecule has 0 atom stereocenters. The second-order valence-electron chi connectivity index (χ2n) is 1.43. The number of hydrogen-bond donors (Lipinski definition) is 0. The molecule has 1 aliphatic rings. The van der Waals surface area contributed by atoms with Gasteiger partial charge in [-0.1, -0.05) is 24.3 Å². The van der Waals surface area contributed by atoms with E-state index in [4.69, 9.17) is 9.59 Å². The van der Waals surface area contributed by atoms with Gasteiger partial charge in [-0.2, -0.15) is 0 Å². The average Bonchev–Trinajstić information content (AvgIpc) is 2.14. The van der Waals surface area contributed by atoms with Crippen molar-refractivity contribution in [2.75, 3.05) is 0 Å². The molecular weight excluding hydrogens is 187 g/mol. The Morgan fingerprint density at radius 1 is 0.818 bits per heavy atom. The van der Waals surface area contributed by atoms with Crippen LogP contribution in [0.25, 0.3) is 0 Å².